The Hall–Kier alpha value is -2.89. The molecule has 1 saturated heterocycles. The molecule has 0 aromatic carbocycles. The number of rotatable bonds is 4. The van der Waals surface area contributed by atoms with Crippen LogP contribution >= 0.6 is 0 Å². The lowest BCUT2D eigenvalue weighted by Crippen LogP contribution is -2.46. The Morgan fingerprint density at radius 1 is 1.20 bits per heavy atom. The first kappa shape index (κ1) is 17.0. The molecule has 0 saturated carbocycles. The largest absolute Gasteiger partial charge is 0.462 e. The second kappa shape index (κ2) is 7.79. The smallest absolute Gasteiger partial charge is 0.251 e. The molecular weight excluding hydrogens is 318 g/mol. The molecule has 0 aliphatic carbocycles. The molecule has 2 aromatic rings. The third kappa shape index (κ3) is 4.56. The second-order valence-electron chi connectivity index (χ2n) is 6.09. The Morgan fingerprint density at radius 3 is 2.56 bits per heavy atom. The first-order valence-corrected chi connectivity index (χ1v) is 8.36. The summed E-state index contributed by atoms with van der Waals surface area (Å²) in [7, 11) is 0. The Labute approximate surface area is 146 Å². The third-order valence-corrected chi connectivity index (χ3v) is 4.24. The van der Waals surface area contributed by atoms with Crippen LogP contribution in [0.15, 0.2) is 47.2 Å². The van der Waals surface area contributed by atoms with E-state index in [0.717, 1.165) is 18.6 Å². The maximum absolute atomic E-state index is 12.2. The molecule has 25 heavy (non-hydrogen) atoms. The van der Waals surface area contributed by atoms with E-state index in [1.807, 2.05) is 19.1 Å². The summed E-state index contributed by atoms with van der Waals surface area (Å²) in [5, 5.41) is 3.02. The van der Waals surface area contributed by atoms with Crippen LogP contribution in [0.1, 0.15) is 34.7 Å². The van der Waals surface area contributed by atoms with E-state index in [-0.39, 0.29) is 17.9 Å². The molecule has 1 N–H and O–H groups in total. The second-order valence-corrected chi connectivity index (χ2v) is 6.09. The maximum Gasteiger partial charge on any atom is 0.251 e. The van der Waals surface area contributed by atoms with E-state index >= 15 is 0 Å². The molecule has 1 fully saturated rings. The molecule has 3 heterocycles. The van der Waals surface area contributed by atoms with Crippen molar-refractivity contribution in [1.82, 2.24) is 15.2 Å². The number of amides is 2. The Morgan fingerprint density at radius 2 is 1.92 bits per heavy atom. The number of carbonyl (C=O) groups is 2. The highest BCUT2D eigenvalue weighted by Crippen LogP contribution is 2.13. The average Bonchev–Trinajstić information content (AvgIpc) is 3.06. The molecule has 0 radical (unpaired) electrons. The third-order valence-electron chi connectivity index (χ3n) is 4.24. The molecule has 6 nitrogen and oxygen atoms in total. The molecule has 0 spiro atoms. The molecular formula is C19H21N3O3. The van der Waals surface area contributed by atoms with Crippen LogP contribution < -0.4 is 5.32 Å². The molecule has 2 aromatic heterocycles. The lowest BCUT2D eigenvalue weighted by Gasteiger charge is -2.31. The van der Waals surface area contributed by atoms with Gasteiger partial charge in [-0.15, -0.1) is 0 Å². The minimum Gasteiger partial charge on any atom is -0.462 e. The monoisotopic (exact) mass is 339 g/mol. The zero-order chi connectivity index (χ0) is 17.6. The molecule has 0 bridgehead atoms. The van der Waals surface area contributed by atoms with Crippen LogP contribution in [0.4, 0.5) is 0 Å². The molecule has 6 heteroatoms. The number of hydrogen-bond donors (Lipinski definition) is 1. The standard InChI is InChI=1S/C19H21N3O3/c1-14-2-3-17(25-14)4-5-18(23)22-12-8-16(9-13-22)21-19(24)15-6-10-20-11-7-15/h2-7,10-11,16H,8-9,12-13H2,1H3,(H,21,24)/b5-4-. The molecule has 1 aliphatic rings. The van der Waals surface area contributed by atoms with E-state index in [1.54, 1.807) is 35.5 Å². The SMILES string of the molecule is Cc1ccc(/C=C\C(=O)N2CCC(NC(=O)c3ccncc3)CC2)o1. The van der Waals surface area contributed by atoms with Gasteiger partial charge in [-0.2, -0.15) is 0 Å². The van der Waals surface area contributed by atoms with Crippen LogP contribution in [0.5, 0.6) is 0 Å². The van der Waals surface area contributed by atoms with Gasteiger partial charge in [0.15, 0.2) is 0 Å². The first-order valence-electron chi connectivity index (χ1n) is 8.36. The number of pyridine rings is 1. The van der Waals surface area contributed by atoms with Crippen molar-refractivity contribution in [3.05, 3.63) is 59.8 Å². The summed E-state index contributed by atoms with van der Waals surface area (Å²) in [5.41, 5.74) is 0.602. The fourth-order valence-electron chi connectivity index (χ4n) is 2.82. The lowest BCUT2D eigenvalue weighted by molar-refractivity contribution is -0.127. The summed E-state index contributed by atoms with van der Waals surface area (Å²) in [6.07, 6.45) is 7.92. The van der Waals surface area contributed by atoms with Crippen molar-refractivity contribution in [3.63, 3.8) is 0 Å². The zero-order valence-electron chi connectivity index (χ0n) is 14.1. The van der Waals surface area contributed by atoms with Crippen LogP contribution in [-0.4, -0.2) is 40.8 Å². The fraction of sp³-hybridized carbons (Fsp3) is 0.316. The average molecular weight is 339 g/mol. The number of carbonyl (C=O) groups excluding carboxylic acids is 2. The van der Waals surface area contributed by atoms with E-state index in [4.69, 9.17) is 4.42 Å². The zero-order valence-corrected chi connectivity index (χ0v) is 14.1. The number of aryl methyl sites for hydroxylation is 1. The van der Waals surface area contributed by atoms with E-state index in [2.05, 4.69) is 10.3 Å². The van der Waals surface area contributed by atoms with E-state index in [1.165, 1.54) is 6.08 Å². The van der Waals surface area contributed by atoms with Gasteiger partial charge in [-0.3, -0.25) is 14.6 Å². The van der Waals surface area contributed by atoms with E-state index in [9.17, 15) is 9.59 Å². The van der Waals surface area contributed by atoms with Gasteiger partial charge in [0.05, 0.1) is 0 Å². The summed E-state index contributed by atoms with van der Waals surface area (Å²) in [6.45, 7) is 3.12. The van der Waals surface area contributed by atoms with Gasteiger partial charge < -0.3 is 14.6 Å². The van der Waals surface area contributed by atoms with Crippen molar-refractivity contribution in [2.45, 2.75) is 25.8 Å². The van der Waals surface area contributed by atoms with E-state index < -0.39 is 0 Å². The molecule has 1 aliphatic heterocycles. The van der Waals surface area contributed by atoms with Gasteiger partial charge in [0.1, 0.15) is 11.5 Å². The summed E-state index contributed by atoms with van der Waals surface area (Å²) >= 11 is 0. The number of nitrogens with one attached hydrogen (secondary N) is 1. The van der Waals surface area contributed by atoms with Gasteiger partial charge in [0, 0.05) is 43.2 Å². The van der Waals surface area contributed by atoms with Crippen LogP contribution in [0.2, 0.25) is 0 Å². The van der Waals surface area contributed by atoms with Gasteiger partial charge in [0.25, 0.3) is 5.91 Å². The van der Waals surface area contributed by atoms with Gasteiger partial charge in [-0.25, -0.2) is 0 Å². The number of furan rings is 1. The molecule has 130 valence electrons. The van der Waals surface area contributed by atoms with Crippen LogP contribution in [0.3, 0.4) is 0 Å². The molecule has 2 amide bonds. The van der Waals surface area contributed by atoms with Crippen molar-refractivity contribution >= 4 is 17.9 Å². The minimum atomic E-state index is -0.0970. The van der Waals surface area contributed by atoms with Crippen molar-refractivity contribution in [2.75, 3.05) is 13.1 Å². The molecule has 0 atom stereocenters. The number of piperidine rings is 1. The quantitative estimate of drug-likeness (QED) is 0.868. The van der Waals surface area contributed by atoms with Crippen molar-refractivity contribution in [2.24, 2.45) is 0 Å². The Kier molecular flexibility index (Phi) is 5.28. The van der Waals surface area contributed by atoms with Crippen LogP contribution in [-0.2, 0) is 4.79 Å². The molecule has 0 unspecified atom stereocenters. The maximum atomic E-state index is 12.2. The number of nitrogens with zero attached hydrogens (tertiary/aromatic N) is 2. The minimum absolute atomic E-state index is 0.0343. The highest BCUT2D eigenvalue weighted by molar-refractivity contribution is 5.94. The predicted octanol–water partition coefficient (Wildman–Crippen LogP) is 2.42. The normalized spacial score (nSPS) is 15.5. The highest BCUT2D eigenvalue weighted by Gasteiger charge is 2.23. The fourth-order valence-corrected chi connectivity index (χ4v) is 2.82. The lowest BCUT2D eigenvalue weighted by atomic mass is 10.0. The van der Waals surface area contributed by atoms with Crippen LogP contribution in [0, 0.1) is 6.92 Å². The van der Waals surface area contributed by atoms with Crippen molar-refractivity contribution in [3.8, 4) is 0 Å². The van der Waals surface area contributed by atoms with Crippen molar-refractivity contribution in [1.29, 1.82) is 0 Å². The topological polar surface area (TPSA) is 75.4 Å². The molecule has 3 rings (SSSR count). The van der Waals surface area contributed by atoms with Gasteiger partial charge in [0.2, 0.25) is 5.91 Å². The summed E-state index contributed by atoms with van der Waals surface area (Å²) in [5.74, 6) is 1.36. The number of aromatic nitrogens is 1. The summed E-state index contributed by atoms with van der Waals surface area (Å²) < 4.78 is 5.41. The predicted molar refractivity (Wildman–Crippen MR) is 93.8 cm³/mol. The van der Waals surface area contributed by atoms with Crippen molar-refractivity contribution < 1.29 is 14.0 Å². The van der Waals surface area contributed by atoms with E-state index in [0.29, 0.717) is 24.4 Å². The van der Waals surface area contributed by atoms with Gasteiger partial charge in [-0.05, 0) is 50.1 Å². The summed E-state index contributed by atoms with van der Waals surface area (Å²) in [6, 6.07) is 7.16. The first-order chi connectivity index (χ1) is 12.1. The van der Waals surface area contributed by atoms with Gasteiger partial charge in [-0.1, -0.05) is 0 Å². The van der Waals surface area contributed by atoms with Gasteiger partial charge >= 0.3 is 0 Å². The van der Waals surface area contributed by atoms with Crippen LogP contribution in [0.25, 0.3) is 6.08 Å². The number of likely N-dealkylation sites (tertiary alicyclic amines) is 1. The number of hydrogen-bond acceptors (Lipinski definition) is 4. The Balaban J connectivity index is 1.47. The summed E-state index contributed by atoms with van der Waals surface area (Å²) in [4.78, 5) is 30.1. The highest BCUT2D eigenvalue weighted by atomic mass is 16.3. The Bertz CT molecular complexity index is 759.